The number of allylic oxidation sites excluding steroid dienone is 2. The third-order valence-electron chi connectivity index (χ3n) is 5.19. The molecule has 0 bridgehead atoms. The molecule has 1 aliphatic heterocycles. The lowest BCUT2D eigenvalue weighted by atomic mass is 9.69. The third-order valence-corrected chi connectivity index (χ3v) is 5.86. The first-order valence-corrected chi connectivity index (χ1v) is 10.1. The van der Waals surface area contributed by atoms with Crippen molar-refractivity contribution in [2.75, 3.05) is 18.1 Å². The van der Waals surface area contributed by atoms with Crippen LogP contribution in [0.25, 0.3) is 0 Å². The summed E-state index contributed by atoms with van der Waals surface area (Å²) < 4.78 is 25.6. The molecule has 0 fully saturated rings. The minimum Gasteiger partial charge on any atom is -0.381 e. The summed E-state index contributed by atoms with van der Waals surface area (Å²) in [5.74, 6) is 0.351. The van der Waals surface area contributed by atoms with Crippen LogP contribution < -0.4 is 10.0 Å². The van der Waals surface area contributed by atoms with Gasteiger partial charge < -0.3 is 5.32 Å². The van der Waals surface area contributed by atoms with Crippen LogP contribution >= 0.6 is 0 Å². The average Bonchev–Trinajstić information content (AvgIpc) is 3.00. The van der Waals surface area contributed by atoms with E-state index < -0.39 is 10.0 Å². The Morgan fingerprint density at radius 2 is 2.12 bits per heavy atom. The van der Waals surface area contributed by atoms with Crippen molar-refractivity contribution >= 4 is 21.4 Å². The zero-order valence-corrected chi connectivity index (χ0v) is 15.3. The molecule has 0 radical (unpaired) electrons. The van der Waals surface area contributed by atoms with Crippen molar-refractivity contribution in [3.05, 3.63) is 46.0 Å². The second-order valence-electron chi connectivity index (χ2n) is 7.59. The second-order valence-corrected chi connectivity index (χ2v) is 9.42. The highest BCUT2D eigenvalue weighted by Gasteiger charge is 2.44. The topological polar surface area (TPSA) is 101 Å². The molecule has 2 N–H and O–H groups in total. The molecule has 0 aromatic heterocycles. The summed E-state index contributed by atoms with van der Waals surface area (Å²) in [6.45, 7) is 4.40. The number of nitro groups is 1. The molecule has 1 aromatic carbocycles. The highest BCUT2D eigenvalue weighted by Crippen LogP contribution is 2.49. The largest absolute Gasteiger partial charge is 0.381 e. The van der Waals surface area contributed by atoms with E-state index in [1.165, 1.54) is 6.07 Å². The maximum absolute atomic E-state index is 11.5. The molecule has 1 aliphatic carbocycles. The Morgan fingerprint density at radius 1 is 1.40 bits per heavy atom. The van der Waals surface area contributed by atoms with E-state index in [1.807, 2.05) is 13.8 Å². The molecule has 0 spiro atoms. The molecule has 3 rings (SSSR count). The summed E-state index contributed by atoms with van der Waals surface area (Å²) in [4.78, 5) is 10.7. The summed E-state index contributed by atoms with van der Waals surface area (Å²) in [6, 6.07) is 4.95. The predicted molar refractivity (Wildman–Crippen MR) is 97.1 cm³/mol. The molecule has 2 aliphatic rings. The van der Waals surface area contributed by atoms with Crippen LogP contribution in [-0.4, -0.2) is 32.2 Å². The number of fused-ring (bicyclic) bond motifs is 3. The SMILES string of the molecule is CC(C)(CNS(C)(=O)=O)C1Nc2ccc([N+](=O)[O-])cc2C2C=CCC21. The number of hydrogen-bond donors (Lipinski definition) is 2. The lowest BCUT2D eigenvalue weighted by Crippen LogP contribution is -2.51. The maximum Gasteiger partial charge on any atom is 0.269 e. The molecule has 1 heterocycles. The van der Waals surface area contributed by atoms with Crippen molar-refractivity contribution in [3.63, 3.8) is 0 Å². The van der Waals surface area contributed by atoms with Gasteiger partial charge in [-0.2, -0.15) is 0 Å². The number of sulfonamides is 1. The molecule has 0 amide bonds. The Hall–Kier alpha value is -1.93. The summed E-state index contributed by atoms with van der Waals surface area (Å²) in [5.41, 5.74) is 1.60. The molecule has 3 atom stereocenters. The lowest BCUT2D eigenvalue weighted by molar-refractivity contribution is -0.384. The van der Waals surface area contributed by atoms with Gasteiger partial charge in [0, 0.05) is 36.3 Å². The van der Waals surface area contributed by atoms with E-state index in [9.17, 15) is 18.5 Å². The monoisotopic (exact) mass is 365 g/mol. The van der Waals surface area contributed by atoms with Gasteiger partial charge in [-0.1, -0.05) is 26.0 Å². The van der Waals surface area contributed by atoms with Crippen LogP contribution in [0.5, 0.6) is 0 Å². The zero-order chi connectivity index (χ0) is 18.4. The average molecular weight is 365 g/mol. The standard InChI is InChI=1S/C17H23N3O4S/c1-17(2,10-18-25(3,23)24)16-13-6-4-5-12(13)14-9-11(20(21)22)7-8-15(14)19-16/h4-5,7-9,12-13,16,18-19H,6,10H2,1-3H3. The number of rotatable bonds is 5. The minimum atomic E-state index is -3.26. The molecule has 3 unspecified atom stereocenters. The number of nitrogens with zero attached hydrogens (tertiary/aromatic N) is 1. The van der Waals surface area contributed by atoms with Crippen molar-refractivity contribution in [3.8, 4) is 0 Å². The Bertz CT molecular complexity index is 832. The Balaban J connectivity index is 1.93. The van der Waals surface area contributed by atoms with Crippen LogP contribution in [0.15, 0.2) is 30.4 Å². The molecule has 25 heavy (non-hydrogen) atoms. The normalized spacial score (nSPS) is 25.2. The van der Waals surface area contributed by atoms with E-state index in [2.05, 4.69) is 22.2 Å². The van der Waals surface area contributed by atoms with E-state index in [0.717, 1.165) is 23.9 Å². The summed E-state index contributed by atoms with van der Waals surface area (Å²) in [7, 11) is -3.26. The van der Waals surface area contributed by atoms with E-state index in [1.54, 1.807) is 12.1 Å². The van der Waals surface area contributed by atoms with Gasteiger partial charge in [-0.15, -0.1) is 0 Å². The van der Waals surface area contributed by atoms with Gasteiger partial charge in [0.25, 0.3) is 5.69 Å². The minimum absolute atomic E-state index is 0.0516. The summed E-state index contributed by atoms with van der Waals surface area (Å²) >= 11 is 0. The zero-order valence-electron chi connectivity index (χ0n) is 14.5. The molecule has 136 valence electrons. The quantitative estimate of drug-likeness (QED) is 0.474. The van der Waals surface area contributed by atoms with Crippen molar-refractivity contribution in [2.24, 2.45) is 11.3 Å². The Kier molecular flexibility index (Phi) is 4.36. The van der Waals surface area contributed by atoms with Crippen LogP contribution in [0.2, 0.25) is 0 Å². The predicted octanol–water partition coefficient (Wildman–Crippen LogP) is 2.62. The van der Waals surface area contributed by atoms with E-state index in [0.29, 0.717) is 6.54 Å². The molecule has 1 aromatic rings. The number of nitro benzene ring substituents is 1. The van der Waals surface area contributed by atoms with Crippen molar-refractivity contribution in [2.45, 2.75) is 32.2 Å². The summed E-state index contributed by atoms with van der Waals surface area (Å²) in [6.07, 6.45) is 6.25. The van der Waals surface area contributed by atoms with Gasteiger partial charge >= 0.3 is 0 Å². The number of anilines is 1. The smallest absolute Gasteiger partial charge is 0.269 e. The van der Waals surface area contributed by atoms with E-state index >= 15 is 0 Å². The van der Waals surface area contributed by atoms with Crippen LogP contribution in [0.4, 0.5) is 11.4 Å². The fourth-order valence-electron chi connectivity index (χ4n) is 3.90. The highest BCUT2D eigenvalue weighted by atomic mass is 32.2. The first-order valence-electron chi connectivity index (χ1n) is 8.25. The molecule has 0 saturated heterocycles. The van der Waals surface area contributed by atoms with Crippen molar-refractivity contribution in [1.82, 2.24) is 4.72 Å². The first kappa shape index (κ1) is 17.9. The fourth-order valence-corrected chi connectivity index (χ4v) is 4.53. The van der Waals surface area contributed by atoms with Crippen molar-refractivity contribution in [1.29, 1.82) is 0 Å². The van der Waals surface area contributed by atoms with Gasteiger partial charge in [-0.25, -0.2) is 13.1 Å². The number of benzene rings is 1. The Labute approximate surface area is 147 Å². The number of nitrogens with one attached hydrogen (secondary N) is 2. The van der Waals surface area contributed by atoms with E-state index in [4.69, 9.17) is 0 Å². The van der Waals surface area contributed by atoms with Crippen LogP contribution in [0.1, 0.15) is 31.7 Å². The molecular weight excluding hydrogens is 342 g/mol. The van der Waals surface area contributed by atoms with Gasteiger partial charge in [-0.05, 0) is 29.4 Å². The molecule has 8 heteroatoms. The fraction of sp³-hybridized carbons (Fsp3) is 0.529. The van der Waals surface area contributed by atoms with E-state index in [-0.39, 0.29) is 33.9 Å². The van der Waals surface area contributed by atoms with Gasteiger partial charge in [-0.3, -0.25) is 10.1 Å². The van der Waals surface area contributed by atoms with Gasteiger partial charge in [0.15, 0.2) is 0 Å². The maximum atomic E-state index is 11.5. The second kappa shape index (κ2) is 6.10. The Morgan fingerprint density at radius 3 is 2.76 bits per heavy atom. The van der Waals surface area contributed by atoms with Crippen LogP contribution in [-0.2, 0) is 10.0 Å². The lowest BCUT2D eigenvalue weighted by Gasteiger charge is -2.45. The van der Waals surface area contributed by atoms with Crippen LogP contribution in [0, 0.1) is 21.4 Å². The van der Waals surface area contributed by atoms with Gasteiger partial charge in [0.05, 0.1) is 11.2 Å². The number of hydrogen-bond acceptors (Lipinski definition) is 5. The number of non-ortho nitro benzene ring substituents is 1. The van der Waals surface area contributed by atoms with Gasteiger partial charge in [0.1, 0.15) is 0 Å². The molecular formula is C17H23N3O4S. The molecule has 7 nitrogen and oxygen atoms in total. The first-order chi connectivity index (χ1) is 11.6. The third kappa shape index (κ3) is 3.55. The van der Waals surface area contributed by atoms with Crippen LogP contribution in [0.3, 0.4) is 0 Å². The van der Waals surface area contributed by atoms with Gasteiger partial charge in [0.2, 0.25) is 10.0 Å². The van der Waals surface area contributed by atoms with Crippen molar-refractivity contribution < 1.29 is 13.3 Å². The molecule has 0 saturated carbocycles. The summed E-state index contributed by atoms with van der Waals surface area (Å²) in [5, 5.41) is 14.6. The highest BCUT2D eigenvalue weighted by molar-refractivity contribution is 7.88.